The van der Waals surface area contributed by atoms with E-state index in [2.05, 4.69) is 12.6 Å². The molecule has 1 heterocycles. The highest BCUT2D eigenvalue weighted by Gasteiger charge is 2.45. The quantitative estimate of drug-likeness (QED) is 0.715. The van der Waals surface area contributed by atoms with Gasteiger partial charge in [-0.05, 0) is 0 Å². The Kier molecular flexibility index (Phi) is 6.02. The second-order valence-corrected chi connectivity index (χ2v) is 4.13. The van der Waals surface area contributed by atoms with Crippen molar-refractivity contribution in [1.29, 1.82) is 0 Å². The molecule has 0 bridgehead atoms. The van der Waals surface area contributed by atoms with Gasteiger partial charge in [-0.3, -0.25) is 0 Å². The number of hydrogen-bond acceptors (Lipinski definition) is 6. The van der Waals surface area contributed by atoms with Gasteiger partial charge in [0.1, 0.15) is 29.9 Å². The van der Waals surface area contributed by atoms with Gasteiger partial charge < -0.3 is 23.7 Å². The highest BCUT2D eigenvalue weighted by molar-refractivity contribution is 7.80. The van der Waals surface area contributed by atoms with Crippen LogP contribution in [-0.4, -0.2) is 64.9 Å². The highest BCUT2D eigenvalue weighted by Crippen LogP contribution is 2.28. The third-order valence-corrected chi connectivity index (χ3v) is 3.17. The van der Waals surface area contributed by atoms with Crippen molar-refractivity contribution < 1.29 is 23.7 Å². The molecule has 0 saturated carbocycles. The highest BCUT2D eigenvalue weighted by atomic mass is 32.1. The number of hydrogen-bond donors (Lipinski definition) is 1. The summed E-state index contributed by atoms with van der Waals surface area (Å²) in [6, 6.07) is 0. The van der Waals surface area contributed by atoms with Crippen molar-refractivity contribution in [2.45, 2.75) is 29.9 Å². The van der Waals surface area contributed by atoms with Crippen LogP contribution in [0.4, 0.5) is 0 Å². The third-order valence-electron chi connectivity index (χ3n) is 2.76. The molecule has 0 amide bonds. The lowest BCUT2D eigenvalue weighted by Gasteiger charge is -2.43. The molecule has 1 aliphatic heterocycles. The molecule has 0 spiro atoms. The number of rotatable bonds is 5. The zero-order chi connectivity index (χ0) is 12.1. The Balaban J connectivity index is 2.78. The summed E-state index contributed by atoms with van der Waals surface area (Å²) in [4.78, 5) is 0. The molecular formula is C10H20O5S. The molecule has 0 unspecified atom stereocenters. The maximum Gasteiger partial charge on any atom is 0.129 e. The summed E-state index contributed by atoms with van der Waals surface area (Å²) < 4.78 is 26.9. The number of thiol groups is 1. The first-order valence-corrected chi connectivity index (χ1v) is 5.62. The molecule has 96 valence electrons. The van der Waals surface area contributed by atoms with Gasteiger partial charge in [0.05, 0.1) is 6.61 Å². The van der Waals surface area contributed by atoms with Crippen LogP contribution in [0.25, 0.3) is 0 Å². The molecule has 0 aliphatic carbocycles. The monoisotopic (exact) mass is 252 g/mol. The van der Waals surface area contributed by atoms with E-state index < -0.39 is 0 Å². The van der Waals surface area contributed by atoms with E-state index in [9.17, 15) is 0 Å². The Morgan fingerprint density at radius 3 is 1.94 bits per heavy atom. The molecule has 0 aromatic carbocycles. The summed E-state index contributed by atoms with van der Waals surface area (Å²) in [5, 5.41) is 0. The molecule has 1 rings (SSSR count). The van der Waals surface area contributed by atoms with Crippen LogP contribution < -0.4 is 0 Å². The molecule has 1 saturated heterocycles. The average molecular weight is 252 g/mol. The molecule has 16 heavy (non-hydrogen) atoms. The lowest BCUT2D eigenvalue weighted by molar-refractivity contribution is -0.228. The molecule has 0 N–H and O–H groups in total. The SMILES string of the molecule is COC[C@H]1O[C@@H](S)[C@H](OC)[C@@H](OC)[C@@H]1OC. The summed E-state index contributed by atoms with van der Waals surface area (Å²) in [5.74, 6) is 0. The normalized spacial score (nSPS) is 39.9. The lowest BCUT2D eigenvalue weighted by atomic mass is 9.99. The molecule has 0 aromatic rings. The first kappa shape index (κ1) is 14.2. The molecule has 1 aliphatic rings. The van der Waals surface area contributed by atoms with Gasteiger partial charge in [0.15, 0.2) is 0 Å². The Bertz CT molecular complexity index is 204. The lowest BCUT2D eigenvalue weighted by Crippen LogP contribution is -2.59. The smallest absolute Gasteiger partial charge is 0.129 e. The maximum atomic E-state index is 5.67. The van der Waals surface area contributed by atoms with Crippen LogP contribution in [0.15, 0.2) is 0 Å². The average Bonchev–Trinajstić information content (AvgIpc) is 2.28. The van der Waals surface area contributed by atoms with E-state index in [1.807, 2.05) is 0 Å². The van der Waals surface area contributed by atoms with Crippen molar-refractivity contribution in [2.24, 2.45) is 0 Å². The van der Waals surface area contributed by atoms with Gasteiger partial charge in [-0.25, -0.2) is 0 Å². The molecule has 5 nitrogen and oxygen atoms in total. The second kappa shape index (κ2) is 6.78. The van der Waals surface area contributed by atoms with Crippen molar-refractivity contribution in [3.63, 3.8) is 0 Å². The minimum absolute atomic E-state index is 0.200. The van der Waals surface area contributed by atoms with Crippen LogP contribution in [-0.2, 0) is 23.7 Å². The molecule has 6 heteroatoms. The van der Waals surface area contributed by atoms with E-state index in [1.54, 1.807) is 28.4 Å². The van der Waals surface area contributed by atoms with Gasteiger partial charge in [0.2, 0.25) is 0 Å². The van der Waals surface area contributed by atoms with E-state index in [1.165, 1.54) is 0 Å². The van der Waals surface area contributed by atoms with Gasteiger partial charge in [0.25, 0.3) is 0 Å². The Morgan fingerprint density at radius 2 is 1.50 bits per heavy atom. The van der Waals surface area contributed by atoms with Crippen LogP contribution in [0.2, 0.25) is 0 Å². The van der Waals surface area contributed by atoms with Crippen molar-refractivity contribution in [1.82, 2.24) is 0 Å². The van der Waals surface area contributed by atoms with Gasteiger partial charge in [0, 0.05) is 28.4 Å². The van der Waals surface area contributed by atoms with E-state index in [4.69, 9.17) is 23.7 Å². The topological polar surface area (TPSA) is 46.2 Å². The molecule has 5 atom stereocenters. The van der Waals surface area contributed by atoms with Crippen LogP contribution in [0.3, 0.4) is 0 Å². The first-order valence-electron chi connectivity index (χ1n) is 5.10. The number of ether oxygens (including phenoxy) is 5. The van der Waals surface area contributed by atoms with E-state index in [0.717, 1.165) is 0 Å². The van der Waals surface area contributed by atoms with Crippen molar-refractivity contribution in [3.8, 4) is 0 Å². The summed E-state index contributed by atoms with van der Waals surface area (Å²) in [5.41, 5.74) is -0.346. The molecule has 0 aromatic heterocycles. The largest absolute Gasteiger partial charge is 0.382 e. The van der Waals surface area contributed by atoms with Gasteiger partial charge in [-0.2, -0.15) is 0 Å². The fraction of sp³-hybridized carbons (Fsp3) is 1.00. The Labute approximate surface area is 102 Å². The molecule has 1 fully saturated rings. The van der Waals surface area contributed by atoms with Crippen molar-refractivity contribution >= 4 is 12.6 Å². The standard InChI is InChI=1S/C10H20O5S/c1-11-5-6-7(12-2)8(13-3)9(14-4)10(16)15-6/h6-10,16H,5H2,1-4H3/t6-,7-,8+,9-,10+/m1/s1. The zero-order valence-corrected chi connectivity index (χ0v) is 11.0. The summed E-state index contributed by atoms with van der Waals surface area (Å²) >= 11 is 4.34. The van der Waals surface area contributed by atoms with E-state index >= 15 is 0 Å². The summed E-state index contributed by atoms with van der Waals surface area (Å²) in [6.45, 7) is 0.436. The van der Waals surface area contributed by atoms with Crippen LogP contribution in [0.5, 0.6) is 0 Å². The number of methoxy groups -OCH3 is 4. The van der Waals surface area contributed by atoms with Crippen LogP contribution in [0, 0.1) is 0 Å². The van der Waals surface area contributed by atoms with Gasteiger partial charge >= 0.3 is 0 Å². The predicted molar refractivity (Wildman–Crippen MR) is 61.9 cm³/mol. The van der Waals surface area contributed by atoms with E-state index in [0.29, 0.717) is 6.61 Å². The maximum absolute atomic E-state index is 5.67. The fourth-order valence-corrected chi connectivity index (χ4v) is 2.45. The fourth-order valence-electron chi connectivity index (χ4n) is 2.00. The van der Waals surface area contributed by atoms with Gasteiger partial charge in [-0.15, -0.1) is 12.6 Å². The zero-order valence-electron chi connectivity index (χ0n) is 10.1. The minimum Gasteiger partial charge on any atom is -0.382 e. The van der Waals surface area contributed by atoms with E-state index in [-0.39, 0.29) is 29.9 Å². The Hall–Kier alpha value is 0.150. The van der Waals surface area contributed by atoms with Gasteiger partial charge in [-0.1, -0.05) is 0 Å². The van der Waals surface area contributed by atoms with Crippen molar-refractivity contribution in [2.75, 3.05) is 35.0 Å². The third kappa shape index (κ3) is 2.88. The second-order valence-electron chi connectivity index (χ2n) is 3.62. The molecular weight excluding hydrogens is 232 g/mol. The summed E-state index contributed by atoms with van der Waals surface area (Å²) in [7, 11) is 6.47. The van der Waals surface area contributed by atoms with Crippen LogP contribution >= 0.6 is 12.6 Å². The minimum atomic E-state index is -0.346. The van der Waals surface area contributed by atoms with Crippen molar-refractivity contribution in [3.05, 3.63) is 0 Å². The predicted octanol–water partition coefficient (Wildman–Crippen LogP) is 0.332. The Morgan fingerprint density at radius 1 is 0.938 bits per heavy atom. The first-order chi connectivity index (χ1) is 7.69. The summed E-state index contributed by atoms with van der Waals surface area (Å²) in [6.07, 6.45) is -0.898. The molecule has 0 radical (unpaired) electrons. The van der Waals surface area contributed by atoms with Crippen LogP contribution in [0.1, 0.15) is 0 Å².